The zero-order valence-electron chi connectivity index (χ0n) is 9.89. The zero-order valence-corrected chi connectivity index (χ0v) is 9.89. The fourth-order valence-electron chi connectivity index (χ4n) is 1.40. The molecule has 19 heavy (non-hydrogen) atoms. The summed E-state index contributed by atoms with van der Waals surface area (Å²) in [6.07, 6.45) is -9.96. The molecular weight excluding hydrogens is 278 g/mol. The van der Waals surface area contributed by atoms with Crippen molar-refractivity contribution in [1.82, 2.24) is 0 Å². The molecule has 0 aromatic heterocycles. The molecule has 0 radical (unpaired) electrons. The smallest absolute Gasteiger partial charge is 0.406 e. The van der Waals surface area contributed by atoms with Crippen molar-refractivity contribution in [3.05, 3.63) is 23.8 Å². The third-order valence-electron chi connectivity index (χ3n) is 2.07. The van der Waals surface area contributed by atoms with Crippen LogP contribution in [0.4, 0.5) is 26.3 Å². The normalized spacial score (nSPS) is 12.7. The van der Waals surface area contributed by atoms with E-state index in [0.29, 0.717) is 6.07 Å². The van der Waals surface area contributed by atoms with Gasteiger partial charge in [-0.1, -0.05) is 19.9 Å². The number of benzene rings is 1. The number of halogens is 6. The number of hydrogen-bond donors (Lipinski definition) is 0. The van der Waals surface area contributed by atoms with E-state index in [-0.39, 0.29) is 11.5 Å². The highest BCUT2D eigenvalue weighted by molar-refractivity contribution is 5.42. The van der Waals surface area contributed by atoms with Gasteiger partial charge in [-0.05, 0) is 17.5 Å². The van der Waals surface area contributed by atoms with Gasteiger partial charge in [0.2, 0.25) is 0 Å². The first-order chi connectivity index (χ1) is 8.48. The molecule has 0 unspecified atom stereocenters. The molecule has 108 valence electrons. The molecule has 8 heteroatoms. The largest absolute Gasteiger partial charge is 0.573 e. The Kier molecular flexibility index (Phi) is 4.21. The molecule has 1 aromatic carbocycles. The van der Waals surface area contributed by atoms with E-state index < -0.39 is 24.2 Å². The summed E-state index contributed by atoms with van der Waals surface area (Å²) in [7, 11) is 0. The van der Waals surface area contributed by atoms with Crippen molar-refractivity contribution < 1.29 is 35.8 Å². The summed E-state index contributed by atoms with van der Waals surface area (Å²) in [4.78, 5) is 0. The molecule has 0 saturated heterocycles. The van der Waals surface area contributed by atoms with Gasteiger partial charge in [-0.3, -0.25) is 0 Å². The summed E-state index contributed by atoms with van der Waals surface area (Å²) in [5.74, 6) is -1.82. The minimum absolute atomic E-state index is 0.131. The third kappa shape index (κ3) is 5.27. The molecule has 1 rings (SSSR count). The highest BCUT2D eigenvalue weighted by Crippen LogP contribution is 2.35. The standard InChI is InChI=1S/C11H10F6O2/c1-6(2)8-4-3-7(18-10(12,13)14)5-9(8)19-11(15,16)17/h3-6H,1-2H3. The van der Waals surface area contributed by atoms with Gasteiger partial charge in [-0.2, -0.15) is 0 Å². The number of hydrogen-bond acceptors (Lipinski definition) is 2. The van der Waals surface area contributed by atoms with Crippen molar-refractivity contribution >= 4 is 0 Å². The van der Waals surface area contributed by atoms with Crippen LogP contribution in [0.3, 0.4) is 0 Å². The van der Waals surface area contributed by atoms with Crippen molar-refractivity contribution in [2.75, 3.05) is 0 Å². The molecular formula is C11H10F6O2. The van der Waals surface area contributed by atoms with Crippen LogP contribution in [0.1, 0.15) is 25.3 Å². The van der Waals surface area contributed by atoms with Gasteiger partial charge < -0.3 is 9.47 Å². The highest BCUT2D eigenvalue weighted by atomic mass is 19.4. The third-order valence-corrected chi connectivity index (χ3v) is 2.07. The lowest BCUT2D eigenvalue weighted by Crippen LogP contribution is -2.20. The van der Waals surface area contributed by atoms with E-state index in [0.717, 1.165) is 12.1 Å². The van der Waals surface area contributed by atoms with Crippen LogP contribution in [-0.2, 0) is 0 Å². The maximum Gasteiger partial charge on any atom is 0.573 e. The van der Waals surface area contributed by atoms with Crippen molar-refractivity contribution in [2.24, 2.45) is 0 Å². The van der Waals surface area contributed by atoms with Crippen molar-refractivity contribution in [2.45, 2.75) is 32.5 Å². The van der Waals surface area contributed by atoms with E-state index in [9.17, 15) is 26.3 Å². The van der Waals surface area contributed by atoms with Gasteiger partial charge in [0.15, 0.2) is 0 Å². The molecule has 1 aromatic rings. The van der Waals surface area contributed by atoms with Crippen LogP contribution in [0.2, 0.25) is 0 Å². The Labute approximate surface area is 104 Å². The van der Waals surface area contributed by atoms with Crippen LogP contribution in [0, 0.1) is 0 Å². The Morgan fingerprint density at radius 1 is 0.895 bits per heavy atom. The molecule has 0 spiro atoms. The van der Waals surface area contributed by atoms with Crippen LogP contribution >= 0.6 is 0 Å². The fourth-order valence-corrected chi connectivity index (χ4v) is 1.40. The second-order valence-electron chi connectivity index (χ2n) is 3.95. The maximum absolute atomic E-state index is 12.2. The Morgan fingerprint density at radius 2 is 1.42 bits per heavy atom. The van der Waals surface area contributed by atoms with Gasteiger partial charge in [0.05, 0.1) is 0 Å². The number of ether oxygens (including phenoxy) is 2. The summed E-state index contributed by atoms with van der Waals surface area (Å²) >= 11 is 0. The first kappa shape index (κ1) is 15.5. The molecule has 0 fully saturated rings. The molecule has 0 bridgehead atoms. The van der Waals surface area contributed by atoms with Gasteiger partial charge in [-0.25, -0.2) is 0 Å². The SMILES string of the molecule is CC(C)c1ccc(OC(F)(F)F)cc1OC(F)(F)F. The van der Waals surface area contributed by atoms with Crippen molar-refractivity contribution in [3.63, 3.8) is 0 Å². The molecule has 0 N–H and O–H groups in total. The Hall–Kier alpha value is -1.60. The molecule has 2 nitrogen and oxygen atoms in total. The Morgan fingerprint density at radius 3 is 1.84 bits per heavy atom. The van der Waals surface area contributed by atoms with Gasteiger partial charge in [0.1, 0.15) is 11.5 Å². The second-order valence-corrected chi connectivity index (χ2v) is 3.95. The molecule has 0 aliphatic carbocycles. The van der Waals surface area contributed by atoms with E-state index in [1.54, 1.807) is 13.8 Å². The monoisotopic (exact) mass is 288 g/mol. The molecule has 0 aliphatic rings. The van der Waals surface area contributed by atoms with Gasteiger partial charge in [0.25, 0.3) is 0 Å². The van der Waals surface area contributed by atoms with Crippen LogP contribution in [-0.4, -0.2) is 12.7 Å². The summed E-state index contributed by atoms with van der Waals surface area (Å²) in [5, 5.41) is 0. The Bertz CT molecular complexity index is 436. The quantitative estimate of drug-likeness (QED) is 0.756. The number of rotatable bonds is 3. The van der Waals surface area contributed by atoms with E-state index in [4.69, 9.17) is 0 Å². The van der Waals surface area contributed by atoms with Gasteiger partial charge in [0, 0.05) is 6.07 Å². The molecule has 0 amide bonds. The summed E-state index contributed by atoms with van der Waals surface area (Å²) in [5.41, 5.74) is 0.131. The minimum Gasteiger partial charge on any atom is -0.406 e. The Balaban J connectivity index is 3.11. The van der Waals surface area contributed by atoms with Crippen LogP contribution < -0.4 is 9.47 Å². The molecule has 0 atom stereocenters. The first-order valence-electron chi connectivity index (χ1n) is 5.13. The predicted molar refractivity (Wildman–Crippen MR) is 53.9 cm³/mol. The molecule has 0 saturated carbocycles. The topological polar surface area (TPSA) is 18.5 Å². The van der Waals surface area contributed by atoms with E-state index in [1.165, 1.54) is 0 Å². The molecule has 0 heterocycles. The lowest BCUT2D eigenvalue weighted by Gasteiger charge is -2.17. The second kappa shape index (κ2) is 5.18. The first-order valence-corrected chi connectivity index (χ1v) is 5.13. The van der Waals surface area contributed by atoms with E-state index in [2.05, 4.69) is 9.47 Å². The predicted octanol–water partition coefficient (Wildman–Crippen LogP) is 4.61. The van der Waals surface area contributed by atoms with Gasteiger partial charge >= 0.3 is 12.7 Å². The summed E-state index contributed by atoms with van der Waals surface area (Å²) in [6.45, 7) is 3.17. The average molecular weight is 288 g/mol. The zero-order chi connectivity index (χ0) is 14.8. The lowest BCUT2D eigenvalue weighted by molar-refractivity contribution is -0.276. The van der Waals surface area contributed by atoms with Crippen molar-refractivity contribution in [1.29, 1.82) is 0 Å². The number of alkyl halides is 6. The average Bonchev–Trinajstić information content (AvgIpc) is 2.11. The highest BCUT2D eigenvalue weighted by Gasteiger charge is 2.34. The van der Waals surface area contributed by atoms with Crippen molar-refractivity contribution in [3.8, 4) is 11.5 Å². The van der Waals surface area contributed by atoms with Crippen LogP contribution in [0.5, 0.6) is 11.5 Å². The fraction of sp³-hybridized carbons (Fsp3) is 0.455. The van der Waals surface area contributed by atoms with E-state index >= 15 is 0 Å². The summed E-state index contributed by atoms with van der Waals surface area (Å²) < 4.78 is 79.7. The minimum atomic E-state index is -4.99. The molecule has 0 aliphatic heterocycles. The summed E-state index contributed by atoms with van der Waals surface area (Å²) in [6, 6.07) is 2.61. The van der Waals surface area contributed by atoms with Crippen LogP contribution in [0.25, 0.3) is 0 Å². The lowest BCUT2D eigenvalue weighted by atomic mass is 10.0. The van der Waals surface area contributed by atoms with E-state index in [1.807, 2.05) is 0 Å². The van der Waals surface area contributed by atoms with Gasteiger partial charge in [-0.15, -0.1) is 26.3 Å². The maximum atomic E-state index is 12.2. The van der Waals surface area contributed by atoms with Crippen LogP contribution in [0.15, 0.2) is 18.2 Å².